The fraction of sp³-hybridized carbons (Fsp3) is 0.200. The standard InChI is InChI=1S/C25H21ClN4O3S/c1-15-19-12-21(34-25(19)30(28-15)14-17-4-2-3-5-20(17)26)24(33)27-18-8-6-16(7-9-18)13-29-22(31)10-11-23(29)32/h2-9,12H,10-11,13-14H2,1H3,(H,27,33). The number of amides is 3. The molecule has 1 aliphatic rings. The third-order valence-electron chi connectivity index (χ3n) is 5.82. The van der Waals surface area contributed by atoms with E-state index < -0.39 is 0 Å². The van der Waals surface area contributed by atoms with Gasteiger partial charge in [0.05, 0.1) is 23.7 Å². The molecule has 0 saturated carbocycles. The van der Waals surface area contributed by atoms with Gasteiger partial charge in [-0.25, -0.2) is 0 Å². The lowest BCUT2D eigenvalue weighted by Gasteiger charge is -2.14. The summed E-state index contributed by atoms with van der Waals surface area (Å²) in [7, 11) is 0. The van der Waals surface area contributed by atoms with Crippen LogP contribution in [0.25, 0.3) is 10.2 Å². The van der Waals surface area contributed by atoms with Crippen LogP contribution in [0.3, 0.4) is 0 Å². The second-order valence-electron chi connectivity index (χ2n) is 8.19. The number of halogens is 1. The molecule has 2 aromatic heterocycles. The van der Waals surface area contributed by atoms with Gasteiger partial charge in [-0.3, -0.25) is 24.0 Å². The molecule has 0 aliphatic carbocycles. The van der Waals surface area contributed by atoms with Gasteiger partial charge in [-0.05, 0) is 42.3 Å². The van der Waals surface area contributed by atoms with Crippen molar-refractivity contribution in [2.45, 2.75) is 32.9 Å². The number of aryl methyl sites for hydroxylation is 1. The first-order valence-corrected chi connectivity index (χ1v) is 12.0. The number of imide groups is 1. The van der Waals surface area contributed by atoms with Crippen molar-refractivity contribution < 1.29 is 14.4 Å². The van der Waals surface area contributed by atoms with Crippen LogP contribution >= 0.6 is 22.9 Å². The van der Waals surface area contributed by atoms with E-state index in [0.717, 1.165) is 27.0 Å². The molecule has 0 bridgehead atoms. The molecule has 0 radical (unpaired) electrons. The summed E-state index contributed by atoms with van der Waals surface area (Å²) >= 11 is 7.70. The lowest BCUT2D eigenvalue weighted by atomic mass is 10.2. The Morgan fingerprint density at radius 1 is 1.06 bits per heavy atom. The van der Waals surface area contributed by atoms with E-state index in [9.17, 15) is 14.4 Å². The first kappa shape index (κ1) is 22.3. The fourth-order valence-corrected chi connectivity index (χ4v) is 5.24. The second kappa shape index (κ2) is 9.04. The summed E-state index contributed by atoms with van der Waals surface area (Å²) in [6.45, 7) is 2.70. The smallest absolute Gasteiger partial charge is 0.265 e. The van der Waals surface area contributed by atoms with Crippen LogP contribution in [0, 0.1) is 6.92 Å². The average Bonchev–Trinajstić information content (AvgIpc) is 3.48. The Morgan fingerprint density at radius 3 is 2.47 bits per heavy atom. The van der Waals surface area contributed by atoms with Gasteiger partial charge in [0.15, 0.2) is 0 Å². The summed E-state index contributed by atoms with van der Waals surface area (Å²) < 4.78 is 1.88. The predicted molar refractivity (Wildman–Crippen MR) is 132 cm³/mol. The van der Waals surface area contributed by atoms with Crippen molar-refractivity contribution in [1.82, 2.24) is 14.7 Å². The first-order chi connectivity index (χ1) is 16.4. The topological polar surface area (TPSA) is 84.3 Å². The minimum atomic E-state index is -0.206. The van der Waals surface area contributed by atoms with E-state index >= 15 is 0 Å². The fourth-order valence-electron chi connectivity index (χ4n) is 3.99. The van der Waals surface area contributed by atoms with Crippen LogP contribution in [0.4, 0.5) is 5.69 Å². The molecule has 34 heavy (non-hydrogen) atoms. The molecule has 0 atom stereocenters. The SMILES string of the molecule is Cc1nn(Cc2ccccc2Cl)c2sc(C(=O)Nc3ccc(CN4C(=O)CCC4=O)cc3)cc12. The number of nitrogens with one attached hydrogen (secondary N) is 1. The summed E-state index contributed by atoms with van der Waals surface area (Å²) in [5.41, 5.74) is 3.29. The van der Waals surface area contributed by atoms with Gasteiger partial charge in [0.2, 0.25) is 11.8 Å². The maximum atomic E-state index is 12.9. The Hall–Kier alpha value is -3.49. The van der Waals surface area contributed by atoms with Gasteiger partial charge >= 0.3 is 0 Å². The van der Waals surface area contributed by atoms with Crippen LogP contribution in [0.2, 0.25) is 5.02 Å². The quantitative estimate of drug-likeness (QED) is 0.383. The zero-order chi connectivity index (χ0) is 23.8. The van der Waals surface area contributed by atoms with Gasteiger partial charge in [-0.1, -0.05) is 41.9 Å². The highest BCUT2D eigenvalue weighted by atomic mass is 35.5. The largest absolute Gasteiger partial charge is 0.321 e. The molecule has 1 N–H and O–H groups in total. The Labute approximate surface area is 204 Å². The number of hydrogen-bond donors (Lipinski definition) is 1. The highest BCUT2D eigenvalue weighted by molar-refractivity contribution is 7.20. The van der Waals surface area contributed by atoms with Gasteiger partial charge < -0.3 is 5.32 Å². The lowest BCUT2D eigenvalue weighted by Crippen LogP contribution is -2.28. The van der Waals surface area contributed by atoms with Crippen LogP contribution in [0.1, 0.15) is 39.3 Å². The average molecular weight is 493 g/mol. The first-order valence-electron chi connectivity index (χ1n) is 10.8. The molecular weight excluding hydrogens is 472 g/mol. The molecule has 7 nitrogen and oxygen atoms in total. The van der Waals surface area contributed by atoms with Crippen LogP contribution < -0.4 is 5.32 Å². The number of rotatable bonds is 6. The number of benzene rings is 2. The maximum absolute atomic E-state index is 12.9. The summed E-state index contributed by atoms with van der Waals surface area (Å²) in [5.74, 6) is -0.492. The number of fused-ring (bicyclic) bond motifs is 1. The zero-order valence-corrected chi connectivity index (χ0v) is 19.9. The lowest BCUT2D eigenvalue weighted by molar-refractivity contribution is -0.139. The third-order valence-corrected chi connectivity index (χ3v) is 7.33. The van der Waals surface area contributed by atoms with Crippen molar-refractivity contribution in [3.8, 4) is 0 Å². The van der Waals surface area contributed by atoms with Crippen LogP contribution in [-0.4, -0.2) is 32.4 Å². The minimum Gasteiger partial charge on any atom is -0.321 e. The number of nitrogens with zero attached hydrogens (tertiary/aromatic N) is 3. The van der Waals surface area contributed by atoms with E-state index in [1.807, 2.05) is 54.1 Å². The van der Waals surface area contributed by atoms with E-state index in [2.05, 4.69) is 10.4 Å². The molecule has 1 fully saturated rings. The second-order valence-corrected chi connectivity index (χ2v) is 9.63. The number of carbonyl (C=O) groups excluding carboxylic acids is 3. The van der Waals surface area contributed by atoms with Gasteiger partial charge in [-0.15, -0.1) is 11.3 Å². The van der Waals surface area contributed by atoms with E-state index in [1.54, 1.807) is 12.1 Å². The van der Waals surface area contributed by atoms with Crippen molar-refractivity contribution >= 4 is 56.6 Å². The molecule has 1 aliphatic heterocycles. The normalized spacial score (nSPS) is 13.8. The Balaban J connectivity index is 1.30. The van der Waals surface area contributed by atoms with Crippen molar-refractivity contribution in [3.05, 3.63) is 81.3 Å². The molecular formula is C25H21ClN4O3S. The number of hydrogen-bond acceptors (Lipinski definition) is 5. The van der Waals surface area contributed by atoms with Crippen molar-refractivity contribution in [3.63, 3.8) is 0 Å². The summed E-state index contributed by atoms with van der Waals surface area (Å²) in [5, 5.41) is 9.16. The maximum Gasteiger partial charge on any atom is 0.265 e. The Morgan fingerprint density at radius 2 is 1.76 bits per heavy atom. The zero-order valence-electron chi connectivity index (χ0n) is 18.4. The number of anilines is 1. The third kappa shape index (κ3) is 4.34. The summed E-state index contributed by atoms with van der Waals surface area (Å²) in [6.07, 6.45) is 0.551. The van der Waals surface area contributed by atoms with Crippen LogP contribution in [0.5, 0.6) is 0 Å². The summed E-state index contributed by atoms with van der Waals surface area (Å²) in [4.78, 5) is 39.3. The molecule has 2 aromatic carbocycles. The predicted octanol–water partition coefficient (Wildman–Crippen LogP) is 5.01. The van der Waals surface area contributed by atoms with Crippen molar-refractivity contribution in [2.24, 2.45) is 0 Å². The van der Waals surface area contributed by atoms with Gasteiger partial charge in [0.1, 0.15) is 4.83 Å². The van der Waals surface area contributed by atoms with E-state index in [1.165, 1.54) is 16.2 Å². The molecule has 9 heteroatoms. The number of carbonyl (C=O) groups is 3. The highest BCUT2D eigenvalue weighted by Crippen LogP contribution is 2.30. The van der Waals surface area contributed by atoms with Crippen LogP contribution in [-0.2, 0) is 22.7 Å². The van der Waals surface area contributed by atoms with Gasteiger partial charge in [0, 0.05) is 28.9 Å². The molecule has 3 amide bonds. The molecule has 1 saturated heterocycles. The van der Waals surface area contributed by atoms with E-state index in [4.69, 9.17) is 11.6 Å². The highest BCUT2D eigenvalue weighted by Gasteiger charge is 2.28. The molecule has 0 unspecified atom stereocenters. The van der Waals surface area contributed by atoms with E-state index in [-0.39, 0.29) is 37.1 Å². The minimum absolute atomic E-state index is 0.143. The van der Waals surface area contributed by atoms with E-state index in [0.29, 0.717) is 22.1 Å². The van der Waals surface area contributed by atoms with Gasteiger partial charge in [-0.2, -0.15) is 5.10 Å². The number of thiophene rings is 1. The number of likely N-dealkylation sites (tertiary alicyclic amines) is 1. The molecule has 172 valence electrons. The van der Waals surface area contributed by atoms with Crippen LogP contribution in [0.15, 0.2) is 54.6 Å². The van der Waals surface area contributed by atoms with Crippen molar-refractivity contribution in [1.29, 1.82) is 0 Å². The summed E-state index contributed by atoms with van der Waals surface area (Å²) in [6, 6.07) is 16.7. The Kier molecular flexibility index (Phi) is 5.93. The Bertz CT molecular complexity index is 1410. The van der Waals surface area contributed by atoms with Crippen molar-refractivity contribution in [2.75, 3.05) is 5.32 Å². The molecule has 0 spiro atoms. The molecule has 5 rings (SSSR count). The molecule has 4 aromatic rings. The van der Waals surface area contributed by atoms with Gasteiger partial charge in [0.25, 0.3) is 5.91 Å². The number of aromatic nitrogens is 2. The monoisotopic (exact) mass is 492 g/mol. The molecule has 3 heterocycles.